The molecule has 0 spiro atoms. The number of esters is 4. The Morgan fingerprint density at radius 2 is 0.468 bits per heavy atom. The van der Waals surface area contributed by atoms with E-state index < -0.39 is 97.5 Å². The molecule has 0 rings (SSSR count). The summed E-state index contributed by atoms with van der Waals surface area (Å²) >= 11 is 0. The number of carbonyl (C=O) groups is 4. The molecule has 0 aromatic carbocycles. The molecule has 17 nitrogen and oxygen atoms in total. The van der Waals surface area contributed by atoms with Crippen molar-refractivity contribution in [3.8, 4) is 0 Å². The van der Waals surface area contributed by atoms with Crippen LogP contribution in [-0.2, 0) is 65.4 Å². The van der Waals surface area contributed by atoms with Crippen molar-refractivity contribution in [3.05, 3.63) is 0 Å². The van der Waals surface area contributed by atoms with E-state index in [9.17, 15) is 43.2 Å². The summed E-state index contributed by atoms with van der Waals surface area (Å²) in [7, 11) is -9.93. The van der Waals surface area contributed by atoms with Crippen LogP contribution in [0.1, 0.15) is 479 Å². The molecule has 648 valence electrons. The summed E-state index contributed by atoms with van der Waals surface area (Å²) in [5.41, 5.74) is 0. The highest BCUT2D eigenvalue weighted by Crippen LogP contribution is 2.45. The van der Waals surface area contributed by atoms with Crippen molar-refractivity contribution in [2.45, 2.75) is 497 Å². The van der Waals surface area contributed by atoms with E-state index in [1.165, 1.54) is 289 Å². The number of aliphatic hydroxyl groups is 1. The van der Waals surface area contributed by atoms with E-state index in [-0.39, 0.29) is 25.7 Å². The molecule has 3 unspecified atom stereocenters. The van der Waals surface area contributed by atoms with Gasteiger partial charge in [0.15, 0.2) is 12.2 Å². The first-order valence-electron chi connectivity index (χ1n) is 46.4. The van der Waals surface area contributed by atoms with Gasteiger partial charge in [0.05, 0.1) is 26.4 Å². The standard InChI is InChI=1S/C90H176O17P2/c1-8-10-11-12-13-14-15-16-25-33-38-43-52-59-66-73-90(95)107-86(78-101-88(93)72-65-58-51-46-45-48-55-62-69-82(5)6)80-105-109(98,99)103-76-84(91)75-102-108(96,97)104-79-85(77-100-87(92)71-64-57-50-42-37-32-28-23-19-17-21-26-30-35-40-47-54-61-68-81(3)4)106-89(94)74-67-60-53-44-39-34-29-24-20-18-22-27-31-36-41-49-56-63-70-83(7)9-2/h81-86,91H,8-80H2,1-7H3,(H,96,97)(H,98,99)/t83?,84-,85-,86-/m1/s1. The van der Waals surface area contributed by atoms with Gasteiger partial charge in [-0.1, -0.05) is 427 Å². The molecule has 0 aromatic heterocycles. The van der Waals surface area contributed by atoms with Crippen LogP contribution < -0.4 is 0 Å². The maximum atomic E-state index is 13.2. The topological polar surface area (TPSA) is 237 Å². The van der Waals surface area contributed by atoms with Gasteiger partial charge in [0.2, 0.25) is 0 Å². The number of phosphoric ester groups is 2. The molecule has 0 heterocycles. The predicted molar refractivity (Wildman–Crippen MR) is 451 cm³/mol. The molecular formula is C90H176O17P2. The zero-order valence-electron chi connectivity index (χ0n) is 72.0. The number of rotatable bonds is 88. The number of ether oxygens (including phenoxy) is 4. The third-order valence-corrected chi connectivity index (χ3v) is 23.4. The molecule has 0 amide bonds. The van der Waals surface area contributed by atoms with Crippen LogP contribution in [0.4, 0.5) is 0 Å². The molecule has 0 aromatic rings. The summed E-state index contributed by atoms with van der Waals surface area (Å²) in [6.07, 6.45) is 72.3. The van der Waals surface area contributed by atoms with E-state index in [0.29, 0.717) is 25.7 Å². The Balaban J connectivity index is 5.23. The summed E-state index contributed by atoms with van der Waals surface area (Å²) in [5.74, 6) is 0.321. The summed E-state index contributed by atoms with van der Waals surface area (Å²) in [6, 6.07) is 0. The number of hydrogen-bond acceptors (Lipinski definition) is 15. The average Bonchev–Trinajstić information content (AvgIpc) is 0.900. The van der Waals surface area contributed by atoms with Crippen molar-refractivity contribution in [2.24, 2.45) is 17.8 Å². The molecule has 0 saturated heterocycles. The lowest BCUT2D eigenvalue weighted by molar-refractivity contribution is -0.161. The summed E-state index contributed by atoms with van der Waals surface area (Å²) in [5, 5.41) is 10.7. The van der Waals surface area contributed by atoms with Crippen LogP contribution in [0.25, 0.3) is 0 Å². The van der Waals surface area contributed by atoms with Crippen LogP contribution >= 0.6 is 15.6 Å². The Bertz CT molecular complexity index is 2100. The number of hydrogen-bond donors (Lipinski definition) is 3. The Labute approximate surface area is 670 Å². The van der Waals surface area contributed by atoms with Gasteiger partial charge in [-0.15, -0.1) is 0 Å². The smallest absolute Gasteiger partial charge is 0.462 e. The zero-order valence-corrected chi connectivity index (χ0v) is 73.8. The van der Waals surface area contributed by atoms with Crippen molar-refractivity contribution < 1.29 is 80.2 Å². The molecule has 0 radical (unpaired) electrons. The Morgan fingerprint density at radius 1 is 0.266 bits per heavy atom. The number of unbranched alkanes of at least 4 members (excludes halogenated alkanes) is 55. The van der Waals surface area contributed by atoms with Gasteiger partial charge in [-0.25, -0.2) is 9.13 Å². The van der Waals surface area contributed by atoms with E-state index in [4.69, 9.17) is 37.0 Å². The van der Waals surface area contributed by atoms with Crippen molar-refractivity contribution >= 4 is 39.5 Å². The first kappa shape index (κ1) is 107. The quantitative estimate of drug-likeness (QED) is 0.0222. The molecule has 19 heteroatoms. The van der Waals surface area contributed by atoms with Gasteiger partial charge in [-0.3, -0.25) is 37.3 Å². The van der Waals surface area contributed by atoms with E-state index in [0.717, 1.165) is 108 Å². The summed E-state index contributed by atoms with van der Waals surface area (Å²) in [4.78, 5) is 73.3. The SMILES string of the molecule is CCCCCCCCCCCCCCCCCC(=O)O[C@H](COC(=O)CCCCCCCCCCC(C)C)COP(=O)(O)OC[C@H](O)COP(=O)(O)OC[C@@H](COC(=O)CCCCCCCCCCCCCCCCCCCCC(C)C)OC(=O)CCCCCCCCCCCCCCCCCCCCC(C)CC. The summed E-state index contributed by atoms with van der Waals surface area (Å²) in [6.45, 7) is 12.1. The van der Waals surface area contributed by atoms with Crippen LogP contribution in [0.2, 0.25) is 0 Å². The fourth-order valence-electron chi connectivity index (χ4n) is 14.0. The van der Waals surface area contributed by atoms with E-state index in [1.54, 1.807) is 0 Å². The van der Waals surface area contributed by atoms with Gasteiger partial charge in [0, 0.05) is 25.7 Å². The maximum absolute atomic E-state index is 13.2. The second-order valence-electron chi connectivity index (χ2n) is 33.5. The highest BCUT2D eigenvalue weighted by atomic mass is 31.2. The molecule has 0 aliphatic carbocycles. The fraction of sp³-hybridized carbons (Fsp3) is 0.956. The fourth-order valence-corrected chi connectivity index (χ4v) is 15.6. The van der Waals surface area contributed by atoms with Crippen LogP contribution in [0.15, 0.2) is 0 Å². The van der Waals surface area contributed by atoms with Crippen LogP contribution in [0.5, 0.6) is 0 Å². The average molecular weight is 1590 g/mol. The van der Waals surface area contributed by atoms with Gasteiger partial charge in [-0.05, 0) is 43.4 Å². The second-order valence-corrected chi connectivity index (χ2v) is 36.4. The first-order valence-corrected chi connectivity index (χ1v) is 49.4. The van der Waals surface area contributed by atoms with Gasteiger partial charge in [-0.2, -0.15) is 0 Å². The Morgan fingerprint density at radius 3 is 0.697 bits per heavy atom. The first-order chi connectivity index (χ1) is 52.8. The molecule has 0 fully saturated rings. The van der Waals surface area contributed by atoms with E-state index in [1.807, 2.05) is 0 Å². The van der Waals surface area contributed by atoms with Gasteiger partial charge in [0.1, 0.15) is 19.3 Å². The lowest BCUT2D eigenvalue weighted by Crippen LogP contribution is -2.30. The molecule has 6 atom stereocenters. The van der Waals surface area contributed by atoms with Gasteiger partial charge in [0.25, 0.3) is 0 Å². The second kappa shape index (κ2) is 79.9. The summed E-state index contributed by atoms with van der Waals surface area (Å²) < 4.78 is 69.0. The molecule has 0 saturated carbocycles. The number of aliphatic hydroxyl groups excluding tert-OH is 1. The van der Waals surface area contributed by atoms with E-state index in [2.05, 4.69) is 48.5 Å². The maximum Gasteiger partial charge on any atom is 0.472 e. The number of phosphoric acid groups is 2. The van der Waals surface area contributed by atoms with Crippen LogP contribution in [0.3, 0.4) is 0 Å². The minimum atomic E-state index is -4.97. The third kappa shape index (κ3) is 82.4. The molecule has 0 bridgehead atoms. The van der Waals surface area contributed by atoms with Crippen LogP contribution in [-0.4, -0.2) is 96.7 Å². The van der Waals surface area contributed by atoms with Crippen molar-refractivity contribution in [1.29, 1.82) is 0 Å². The Kier molecular flexibility index (Phi) is 78.5. The van der Waals surface area contributed by atoms with Gasteiger partial charge < -0.3 is 33.8 Å². The van der Waals surface area contributed by atoms with Crippen molar-refractivity contribution in [1.82, 2.24) is 0 Å². The lowest BCUT2D eigenvalue weighted by atomic mass is 9.99. The van der Waals surface area contributed by atoms with Gasteiger partial charge >= 0.3 is 39.5 Å². The molecular weight excluding hydrogens is 1410 g/mol. The monoisotopic (exact) mass is 1590 g/mol. The highest BCUT2D eigenvalue weighted by Gasteiger charge is 2.31. The van der Waals surface area contributed by atoms with E-state index >= 15 is 0 Å². The lowest BCUT2D eigenvalue weighted by Gasteiger charge is -2.21. The Hall–Kier alpha value is -1.94. The molecule has 0 aliphatic heterocycles. The minimum Gasteiger partial charge on any atom is -0.462 e. The largest absolute Gasteiger partial charge is 0.472 e. The third-order valence-electron chi connectivity index (χ3n) is 21.5. The normalized spacial score (nSPS) is 14.1. The van der Waals surface area contributed by atoms with Crippen LogP contribution in [0, 0.1) is 17.8 Å². The van der Waals surface area contributed by atoms with Crippen molar-refractivity contribution in [2.75, 3.05) is 39.6 Å². The minimum absolute atomic E-state index is 0.108. The highest BCUT2D eigenvalue weighted by molar-refractivity contribution is 7.47. The predicted octanol–water partition coefficient (Wildman–Crippen LogP) is 27.6. The zero-order chi connectivity index (χ0) is 80.0. The molecule has 0 aliphatic rings. The van der Waals surface area contributed by atoms with Crippen molar-refractivity contribution in [3.63, 3.8) is 0 Å². The molecule has 3 N–H and O–H groups in total. The number of carbonyl (C=O) groups excluding carboxylic acids is 4. The molecule has 109 heavy (non-hydrogen) atoms.